The van der Waals surface area contributed by atoms with Gasteiger partial charge in [0, 0.05) is 53.4 Å². The molecular formula is C20H20N6OS. The van der Waals surface area contributed by atoms with Crippen molar-refractivity contribution in [1.82, 2.24) is 20.2 Å². The minimum Gasteiger partial charge on any atom is -0.494 e. The van der Waals surface area contributed by atoms with E-state index in [1.807, 2.05) is 36.5 Å². The van der Waals surface area contributed by atoms with E-state index in [2.05, 4.69) is 31.5 Å². The average Bonchev–Trinajstić information content (AvgIpc) is 3.21. The molecule has 3 heterocycles. The van der Waals surface area contributed by atoms with E-state index in [0.29, 0.717) is 6.54 Å². The van der Waals surface area contributed by atoms with Crippen LogP contribution in [0.25, 0.3) is 21.3 Å². The number of benzene rings is 1. The molecule has 4 aromatic rings. The van der Waals surface area contributed by atoms with Gasteiger partial charge < -0.3 is 15.8 Å². The number of anilines is 1. The zero-order valence-corrected chi connectivity index (χ0v) is 16.2. The highest BCUT2D eigenvalue weighted by Gasteiger charge is 2.13. The summed E-state index contributed by atoms with van der Waals surface area (Å²) in [6.07, 6.45) is 6.04. The molecule has 0 unspecified atom stereocenters. The van der Waals surface area contributed by atoms with Crippen molar-refractivity contribution in [2.75, 3.05) is 19.0 Å². The first kappa shape index (κ1) is 18.3. The third kappa shape index (κ3) is 3.92. The predicted octanol–water partition coefficient (Wildman–Crippen LogP) is 3.14. The molecule has 4 rings (SSSR count). The molecule has 28 heavy (non-hydrogen) atoms. The number of nitrogens with two attached hydrogens (primary N) is 1. The first-order valence-electron chi connectivity index (χ1n) is 8.89. The van der Waals surface area contributed by atoms with Crippen LogP contribution in [0.5, 0.6) is 5.75 Å². The number of hydrogen-bond donors (Lipinski definition) is 2. The quantitative estimate of drug-likeness (QED) is 0.498. The molecule has 142 valence electrons. The van der Waals surface area contributed by atoms with Crippen LogP contribution in [0.4, 0.5) is 5.13 Å². The molecule has 0 aliphatic rings. The highest BCUT2D eigenvalue weighted by Crippen LogP contribution is 2.32. The van der Waals surface area contributed by atoms with Gasteiger partial charge in [0.05, 0.1) is 13.3 Å². The molecule has 0 amide bonds. The number of hydrogen-bond acceptors (Lipinski definition) is 8. The minimum atomic E-state index is 0.0403. The number of nitrogens with one attached hydrogen (secondary N) is 1. The zero-order chi connectivity index (χ0) is 19.3. The van der Waals surface area contributed by atoms with Gasteiger partial charge in [-0.15, -0.1) is 10.2 Å². The summed E-state index contributed by atoms with van der Waals surface area (Å²) in [7, 11) is 1.64. The van der Waals surface area contributed by atoms with Crippen molar-refractivity contribution in [2.45, 2.75) is 12.5 Å². The van der Waals surface area contributed by atoms with Crippen molar-refractivity contribution in [2.24, 2.45) is 5.73 Å². The lowest BCUT2D eigenvalue weighted by molar-refractivity contribution is 0.418. The van der Waals surface area contributed by atoms with Crippen molar-refractivity contribution < 1.29 is 4.74 Å². The van der Waals surface area contributed by atoms with Gasteiger partial charge in [0.15, 0.2) is 0 Å². The maximum absolute atomic E-state index is 5.93. The van der Waals surface area contributed by atoms with Gasteiger partial charge in [0.1, 0.15) is 10.8 Å². The number of nitrogens with zero attached hydrogens (tertiary/aromatic N) is 4. The van der Waals surface area contributed by atoms with Crippen molar-refractivity contribution in [3.05, 3.63) is 60.7 Å². The van der Waals surface area contributed by atoms with Crippen LogP contribution in [-0.4, -0.2) is 39.9 Å². The number of fused-ring (bicyclic) bond motifs is 1. The van der Waals surface area contributed by atoms with Crippen LogP contribution in [0.15, 0.2) is 55.0 Å². The topological polar surface area (TPSA) is 98.8 Å². The second kappa shape index (κ2) is 8.28. The van der Waals surface area contributed by atoms with E-state index in [-0.39, 0.29) is 6.04 Å². The Labute approximate surface area is 166 Å². The van der Waals surface area contributed by atoms with Crippen molar-refractivity contribution in [3.8, 4) is 16.3 Å². The van der Waals surface area contributed by atoms with E-state index in [1.165, 1.54) is 11.3 Å². The van der Waals surface area contributed by atoms with Crippen molar-refractivity contribution in [3.63, 3.8) is 0 Å². The van der Waals surface area contributed by atoms with E-state index >= 15 is 0 Å². The molecule has 8 heteroatoms. The highest BCUT2D eigenvalue weighted by molar-refractivity contribution is 7.18. The molecule has 0 spiro atoms. The van der Waals surface area contributed by atoms with Gasteiger partial charge >= 0.3 is 0 Å². The summed E-state index contributed by atoms with van der Waals surface area (Å²) in [4.78, 5) is 8.55. The van der Waals surface area contributed by atoms with Gasteiger partial charge in [-0.2, -0.15) is 0 Å². The van der Waals surface area contributed by atoms with Gasteiger partial charge in [-0.25, -0.2) is 0 Å². The van der Waals surface area contributed by atoms with E-state index in [9.17, 15) is 0 Å². The fourth-order valence-corrected chi connectivity index (χ4v) is 3.79. The standard InChI is InChI=1S/C20H20N6OS/c1-27-18-12-22-11-14-6-5-13(8-17(14)18)19-25-26-20(28-19)24-16(10-21)9-15-4-2-3-7-23-15/h2-8,11-12,16H,9-10,21H2,1H3,(H,24,26)/t16-/m1/s1. The monoisotopic (exact) mass is 392 g/mol. The molecular weight excluding hydrogens is 372 g/mol. The van der Waals surface area contributed by atoms with Crippen molar-refractivity contribution in [1.29, 1.82) is 0 Å². The van der Waals surface area contributed by atoms with Crippen LogP contribution in [0, 0.1) is 0 Å². The molecule has 0 radical (unpaired) electrons. The molecule has 7 nitrogen and oxygen atoms in total. The summed E-state index contributed by atoms with van der Waals surface area (Å²) in [6, 6.07) is 12.0. The number of aromatic nitrogens is 4. The maximum atomic E-state index is 5.93. The van der Waals surface area contributed by atoms with E-state index in [0.717, 1.165) is 44.3 Å². The third-order valence-electron chi connectivity index (χ3n) is 4.41. The van der Waals surface area contributed by atoms with Gasteiger partial charge in [-0.05, 0) is 18.2 Å². The van der Waals surface area contributed by atoms with Crippen LogP contribution < -0.4 is 15.8 Å². The Morgan fingerprint density at radius 1 is 1.18 bits per heavy atom. The Balaban J connectivity index is 1.54. The second-order valence-electron chi connectivity index (χ2n) is 6.29. The lowest BCUT2D eigenvalue weighted by Gasteiger charge is -2.14. The van der Waals surface area contributed by atoms with Gasteiger partial charge in [-0.1, -0.05) is 29.5 Å². The van der Waals surface area contributed by atoms with E-state index in [1.54, 1.807) is 19.5 Å². The van der Waals surface area contributed by atoms with Crippen molar-refractivity contribution >= 4 is 27.2 Å². The zero-order valence-electron chi connectivity index (χ0n) is 15.4. The molecule has 0 aliphatic carbocycles. The second-order valence-corrected chi connectivity index (χ2v) is 7.27. The summed E-state index contributed by atoms with van der Waals surface area (Å²) in [6.45, 7) is 0.478. The number of methoxy groups -OCH3 is 1. The summed E-state index contributed by atoms with van der Waals surface area (Å²) in [5.41, 5.74) is 7.90. The molecule has 0 fully saturated rings. The van der Waals surface area contributed by atoms with E-state index < -0.39 is 0 Å². The summed E-state index contributed by atoms with van der Waals surface area (Å²) >= 11 is 1.50. The summed E-state index contributed by atoms with van der Waals surface area (Å²) in [5, 5.41) is 15.6. The molecule has 3 aromatic heterocycles. The molecule has 0 aliphatic heterocycles. The molecule has 3 N–H and O–H groups in total. The Morgan fingerprint density at radius 2 is 2.11 bits per heavy atom. The first-order chi connectivity index (χ1) is 13.8. The largest absolute Gasteiger partial charge is 0.494 e. The van der Waals surface area contributed by atoms with Crippen LogP contribution in [0.1, 0.15) is 5.69 Å². The fourth-order valence-electron chi connectivity index (χ4n) is 2.97. The molecule has 0 saturated heterocycles. The Bertz CT molecular complexity index is 1070. The molecule has 0 bridgehead atoms. The van der Waals surface area contributed by atoms with Gasteiger partial charge in [0.2, 0.25) is 5.13 Å². The predicted molar refractivity (Wildman–Crippen MR) is 112 cm³/mol. The van der Waals surface area contributed by atoms with Crippen LogP contribution in [0.3, 0.4) is 0 Å². The van der Waals surface area contributed by atoms with Crippen LogP contribution >= 0.6 is 11.3 Å². The number of ether oxygens (including phenoxy) is 1. The van der Waals surface area contributed by atoms with E-state index in [4.69, 9.17) is 10.5 Å². The molecule has 1 atom stereocenters. The van der Waals surface area contributed by atoms with Crippen LogP contribution in [0.2, 0.25) is 0 Å². The third-order valence-corrected chi connectivity index (χ3v) is 5.31. The van der Waals surface area contributed by atoms with Crippen LogP contribution in [-0.2, 0) is 6.42 Å². The summed E-state index contributed by atoms with van der Waals surface area (Å²) < 4.78 is 5.42. The lowest BCUT2D eigenvalue weighted by Crippen LogP contribution is -2.31. The minimum absolute atomic E-state index is 0.0403. The molecule has 1 aromatic carbocycles. The first-order valence-corrected chi connectivity index (χ1v) is 9.70. The van der Waals surface area contributed by atoms with Gasteiger partial charge in [-0.3, -0.25) is 9.97 Å². The Morgan fingerprint density at radius 3 is 2.89 bits per heavy atom. The summed E-state index contributed by atoms with van der Waals surface area (Å²) in [5.74, 6) is 0.737. The average molecular weight is 392 g/mol. The van der Waals surface area contributed by atoms with Gasteiger partial charge in [0.25, 0.3) is 0 Å². The Hall–Kier alpha value is -3.10. The SMILES string of the molecule is COc1cncc2ccc(-c3nnc(N[C@@H](CN)Cc4ccccn4)s3)cc12. The normalized spacial score (nSPS) is 12.1. The maximum Gasteiger partial charge on any atom is 0.206 e. The highest BCUT2D eigenvalue weighted by atomic mass is 32.1. The Kier molecular flexibility index (Phi) is 5.41. The number of rotatable bonds is 7. The smallest absolute Gasteiger partial charge is 0.206 e. The lowest BCUT2D eigenvalue weighted by atomic mass is 10.1. The number of pyridine rings is 2. The fraction of sp³-hybridized carbons (Fsp3) is 0.200. The molecule has 0 saturated carbocycles.